The van der Waals surface area contributed by atoms with E-state index < -0.39 is 12.4 Å². The lowest BCUT2D eigenvalue weighted by Crippen LogP contribution is -2.45. The third kappa shape index (κ3) is 3.51. The number of hydrogen-bond acceptors (Lipinski definition) is 3. The molecular formula is C20H16F3N3O3. The maximum absolute atomic E-state index is 13.2. The first kappa shape index (κ1) is 18.9. The quantitative estimate of drug-likeness (QED) is 0.852. The molecule has 0 saturated heterocycles. The van der Waals surface area contributed by atoms with Crippen molar-refractivity contribution in [2.75, 3.05) is 18.5 Å². The molecule has 0 fully saturated rings. The molecule has 2 heterocycles. The van der Waals surface area contributed by atoms with Gasteiger partial charge < -0.3 is 15.0 Å². The predicted octanol–water partition coefficient (Wildman–Crippen LogP) is 3.58. The third-order valence-electron chi connectivity index (χ3n) is 4.88. The van der Waals surface area contributed by atoms with Gasteiger partial charge in [-0.1, -0.05) is 30.3 Å². The van der Waals surface area contributed by atoms with Crippen LogP contribution < -0.4 is 15.0 Å². The van der Waals surface area contributed by atoms with Crippen molar-refractivity contribution in [3.63, 3.8) is 0 Å². The van der Waals surface area contributed by atoms with Gasteiger partial charge in [-0.25, -0.2) is 4.79 Å². The van der Waals surface area contributed by atoms with Crippen molar-refractivity contribution >= 4 is 17.6 Å². The van der Waals surface area contributed by atoms with E-state index in [0.29, 0.717) is 17.0 Å². The van der Waals surface area contributed by atoms with Crippen molar-refractivity contribution in [3.8, 4) is 5.75 Å². The number of nitrogens with zero attached hydrogens (tertiary/aromatic N) is 2. The number of anilines is 1. The summed E-state index contributed by atoms with van der Waals surface area (Å²) in [5, 5.41) is 2.83. The number of alkyl halides is 3. The van der Waals surface area contributed by atoms with E-state index in [9.17, 15) is 22.8 Å². The first-order chi connectivity index (χ1) is 13.7. The number of benzene rings is 2. The Labute approximate surface area is 164 Å². The Hall–Kier alpha value is -3.49. The molecule has 2 aromatic rings. The molecule has 29 heavy (non-hydrogen) atoms. The highest BCUT2D eigenvalue weighted by Crippen LogP contribution is 2.38. The summed E-state index contributed by atoms with van der Waals surface area (Å²) in [6, 6.07) is 13.2. The molecule has 0 radical (unpaired) electrons. The van der Waals surface area contributed by atoms with E-state index in [4.69, 9.17) is 0 Å². The van der Waals surface area contributed by atoms with E-state index in [1.807, 2.05) is 30.3 Å². The first-order valence-electron chi connectivity index (χ1n) is 8.74. The van der Waals surface area contributed by atoms with Crippen LogP contribution in [-0.2, 0) is 4.79 Å². The van der Waals surface area contributed by atoms with E-state index in [2.05, 4.69) is 10.1 Å². The van der Waals surface area contributed by atoms with Crippen molar-refractivity contribution in [2.45, 2.75) is 12.4 Å². The van der Waals surface area contributed by atoms with E-state index in [1.165, 1.54) is 21.9 Å². The van der Waals surface area contributed by atoms with Gasteiger partial charge in [0, 0.05) is 12.7 Å². The number of amides is 3. The summed E-state index contributed by atoms with van der Waals surface area (Å²) in [7, 11) is 1.57. The number of likely N-dealkylation sites (N-methyl/N-ethyl adjacent to an activating group) is 1. The van der Waals surface area contributed by atoms with Crippen LogP contribution in [0.25, 0.3) is 0 Å². The molecular weight excluding hydrogens is 387 g/mol. The van der Waals surface area contributed by atoms with Crippen LogP contribution in [0, 0.1) is 0 Å². The molecule has 150 valence electrons. The second-order valence-corrected chi connectivity index (χ2v) is 6.65. The van der Waals surface area contributed by atoms with Gasteiger partial charge in [-0.3, -0.25) is 9.69 Å². The lowest BCUT2D eigenvalue weighted by atomic mass is 9.96. The molecule has 1 atom stereocenters. The molecule has 6 nitrogen and oxygen atoms in total. The minimum atomic E-state index is -4.79. The number of ether oxygens (including phenoxy) is 1. The number of hydrogen-bond donors (Lipinski definition) is 1. The third-order valence-corrected chi connectivity index (χ3v) is 4.88. The fourth-order valence-electron chi connectivity index (χ4n) is 3.50. The highest BCUT2D eigenvalue weighted by molar-refractivity contribution is 6.11. The molecule has 9 heteroatoms. The Morgan fingerprint density at radius 1 is 1.03 bits per heavy atom. The molecule has 0 unspecified atom stereocenters. The SMILES string of the molecule is CN1C(=O)N[C@H](c2ccccc2)C2=C1CN(c1ccc(OC(F)(F)F)cc1)C2=O. The zero-order valence-electron chi connectivity index (χ0n) is 15.2. The lowest BCUT2D eigenvalue weighted by molar-refractivity contribution is -0.274. The van der Waals surface area contributed by atoms with Crippen LogP contribution in [0.3, 0.4) is 0 Å². The first-order valence-corrected chi connectivity index (χ1v) is 8.74. The van der Waals surface area contributed by atoms with Gasteiger partial charge >= 0.3 is 12.4 Å². The summed E-state index contributed by atoms with van der Waals surface area (Å²) in [5.41, 5.74) is 2.18. The van der Waals surface area contributed by atoms with Gasteiger partial charge in [0.1, 0.15) is 5.75 Å². The molecule has 2 aromatic carbocycles. The van der Waals surface area contributed by atoms with Crippen molar-refractivity contribution in [3.05, 3.63) is 71.4 Å². The van der Waals surface area contributed by atoms with E-state index in [-0.39, 0.29) is 24.2 Å². The van der Waals surface area contributed by atoms with Crippen LogP contribution in [0.4, 0.5) is 23.7 Å². The molecule has 1 N–H and O–H groups in total. The maximum Gasteiger partial charge on any atom is 0.573 e. The van der Waals surface area contributed by atoms with Gasteiger partial charge in [-0.15, -0.1) is 13.2 Å². The number of halogens is 3. The topological polar surface area (TPSA) is 61.9 Å². The van der Waals surface area contributed by atoms with Crippen LogP contribution in [0.1, 0.15) is 11.6 Å². The molecule has 0 aliphatic carbocycles. The molecule has 0 saturated carbocycles. The van der Waals surface area contributed by atoms with Crippen LogP contribution in [0.15, 0.2) is 65.9 Å². The molecule has 0 aromatic heterocycles. The van der Waals surface area contributed by atoms with Crippen LogP contribution in [0.5, 0.6) is 5.75 Å². The average Bonchev–Trinajstić information content (AvgIpc) is 3.02. The van der Waals surface area contributed by atoms with Gasteiger partial charge in [0.25, 0.3) is 5.91 Å². The number of carbonyl (C=O) groups excluding carboxylic acids is 2. The van der Waals surface area contributed by atoms with Gasteiger partial charge in [0.15, 0.2) is 0 Å². The summed E-state index contributed by atoms with van der Waals surface area (Å²) in [5.74, 6) is -0.688. The average molecular weight is 403 g/mol. The Balaban J connectivity index is 1.64. The number of urea groups is 1. The molecule has 0 bridgehead atoms. The zero-order valence-corrected chi connectivity index (χ0v) is 15.2. The summed E-state index contributed by atoms with van der Waals surface area (Å²) in [6.45, 7) is 0.140. The van der Waals surface area contributed by atoms with Gasteiger partial charge in [-0.2, -0.15) is 0 Å². The van der Waals surface area contributed by atoms with E-state index in [0.717, 1.165) is 17.7 Å². The predicted molar refractivity (Wildman–Crippen MR) is 98.0 cm³/mol. The summed E-state index contributed by atoms with van der Waals surface area (Å²) in [4.78, 5) is 28.4. The minimum absolute atomic E-state index is 0.140. The Morgan fingerprint density at radius 2 is 1.69 bits per heavy atom. The fourth-order valence-corrected chi connectivity index (χ4v) is 3.50. The van der Waals surface area contributed by atoms with Crippen LogP contribution in [0.2, 0.25) is 0 Å². The molecule has 4 rings (SSSR count). The highest BCUT2D eigenvalue weighted by atomic mass is 19.4. The van der Waals surface area contributed by atoms with Crippen LogP contribution >= 0.6 is 0 Å². The summed E-state index contributed by atoms with van der Waals surface area (Å²) < 4.78 is 40.9. The second-order valence-electron chi connectivity index (χ2n) is 6.65. The smallest absolute Gasteiger partial charge is 0.406 e. The standard InChI is InChI=1S/C20H16F3N3O3/c1-25-15-11-26(13-7-9-14(10-8-13)29-20(21,22)23)18(27)16(15)17(24-19(25)28)12-5-3-2-4-6-12/h2-10,17H,11H2,1H3,(H,24,28)/t17-/m1/s1. The summed E-state index contributed by atoms with van der Waals surface area (Å²) in [6.07, 6.45) is -4.79. The molecule has 3 amide bonds. The minimum Gasteiger partial charge on any atom is -0.406 e. The Morgan fingerprint density at radius 3 is 2.31 bits per heavy atom. The number of rotatable bonds is 3. The monoisotopic (exact) mass is 403 g/mol. The van der Waals surface area contributed by atoms with Crippen molar-refractivity contribution in [1.29, 1.82) is 0 Å². The van der Waals surface area contributed by atoms with Crippen molar-refractivity contribution in [2.24, 2.45) is 0 Å². The lowest BCUT2D eigenvalue weighted by Gasteiger charge is -2.31. The summed E-state index contributed by atoms with van der Waals surface area (Å²) >= 11 is 0. The van der Waals surface area contributed by atoms with Crippen molar-refractivity contribution < 1.29 is 27.5 Å². The Kier molecular flexibility index (Phi) is 4.45. The largest absolute Gasteiger partial charge is 0.573 e. The normalized spacial score (nSPS) is 19.4. The molecule has 0 spiro atoms. The fraction of sp³-hybridized carbons (Fsp3) is 0.200. The molecule has 2 aliphatic heterocycles. The van der Waals surface area contributed by atoms with E-state index >= 15 is 0 Å². The highest BCUT2D eigenvalue weighted by Gasteiger charge is 2.43. The van der Waals surface area contributed by atoms with Gasteiger partial charge in [0.2, 0.25) is 0 Å². The van der Waals surface area contributed by atoms with Crippen molar-refractivity contribution in [1.82, 2.24) is 10.2 Å². The van der Waals surface area contributed by atoms with Gasteiger partial charge in [-0.05, 0) is 29.8 Å². The van der Waals surface area contributed by atoms with E-state index in [1.54, 1.807) is 7.05 Å². The molecule has 2 aliphatic rings. The number of carbonyl (C=O) groups is 2. The maximum atomic E-state index is 13.2. The number of nitrogens with one attached hydrogen (secondary N) is 1. The van der Waals surface area contributed by atoms with Crippen LogP contribution in [-0.4, -0.2) is 36.8 Å². The zero-order chi connectivity index (χ0) is 20.8. The van der Waals surface area contributed by atoms with Gasteiger partial charge in [0.05, 0.1) is 23.9 Å². The second kappa shape index (κ2) is 6.84. The Bertz CT molecular complexity index is 988.